The van der Waals surface area contributed by atoms with E-state index in [1.165, 1.54) is 24.4 Å². The van der Waals surface area contributed by atoms with Crippen LogP contribution in [0.2, 0.25) is 0 Å². The van der Waals surface area contributed by atoms with Crippen LogP contribution in [0.25, 0.3) is 10.8 Å². The van der Waals surface area contributed by atoms with Gasteiger partial charge >= 0.3 is 0 Å². The van der Waals surface area contributed by atoms with Crippen molar-refractivity contribution in [2.24, 2.45) is 5.10 Å². The number of aromatic hydroxyl groups is 2. The molecule has 3 rings (SSSR count). The fraction of sp³-hybridized carbons (Fsp3) is 0. The molecular formula is C18H13BrN2O3. The van der Waals surface area contributed by atoms with E-state index in [-0.39, 0.29) is 11.5 Å². The van der Waals surface area contributed by atoms with Gasteiger partial charge < -0.3 is 10.2 Å². The fourth-order valence-electron chi connectivity index (χ4n) is 2.29. The van der Waals surface area contributed by atoms with E-state index in [1.54, 1.807) is 12.1 Å². The molecule has 0 aromatic heterocycles. The number of carbonyl (C=O) groups excluding carboxylic acids is 1. The van der Waals surface area contributed by atoms with E-state index >= 15 is 0 Å². The van der Waals surface area contributed by atoms with Crippen molar-refractivity contribution in [1.29, 1.82) is 0 Å². The van der Waals surface area contributed by atoms with Gasteiger partial charge in [0.1, 0.15) is 11.5 Å². The number of rotatable bonds is 3. The molecule has 3 N–H and O–H groups in total. The first-order chi connectivity index (χ1) is 11.6. The molecule has 3 aromatic rings. The van der Waals surface area contributed by atoms with Gasteiger partial charge in [0.2, 0.25) is 0 Å². The summed E-state index contributed by atoms with van der Waals surface area (Å²) in [5.74, 6) is -0.138. The van der Waals surface area contributed by atoms with Crippen LogP contribution in [0.3, 0.4) is 0 Å². The van der Waals surface area contributed by atoms with Gasteiger partial charge in [-0.1, -0.05) is 24.3 Å². The summed E-state index contributed by atoms with van der Waals surface area (Å²) in [4.78, 5) is 12.0. The number of halogens is 1. The van der Waals surface area contributed by atoms with Gasteiger partial charge in [-0.3, -0.25) is 4.79 Å². The van der Waals surface area contributed by atoms with Crippen molar-refractivity contribution in [3.8, 4) is 11.5 Å². The Kier molecular flexibility index (Phi) is 4.48. The minimum atomic E-state index is -0.393. The zero-order chi connectivity index (χ0) is 17.1. The fourth-order valence-corrected chi connectivity index (χ4v) is 2.67. The first-order valence-electron chi connectivity index (χ1n) is 7.09. The lowest BCUT2D eigenvalue weighted by molar-refractivity contribution is 0.0955. The van der Waals surface area contributed by atoms with Crippen molar-refractivity contribution in [1.82, 2.24) is 5.43 Å². The third-order valence-electron chi connectivity index (χ3n) is 3.51. The molecule has 0 aliphatic rings. The van der Waals surface area contributed by atoms with Crippen LogP contribution in [0.15, 0.2) is 64.2 Å². The number of fused-ring (bicyclic) bond motifs is 1. The molecule has 0 saturated heterocycles. The van der Waals surface area contributed by atoms with Crippen LogP contribution in [0, 0.1) is 0 Å². The van der Waals surface area contributed by atoms with Gasteiger partial charge in [-0.2, -0.15) is 5.10 Å². The van der Waals surface area contributed by atoms with Crippen molar-refractivity contribution in [3.63, 3.8) is 0 Å². The largest absolute Gasteiger partial charge is 0.507 e. The average molecular weight is 385 g/mol. The van der Waals surface area contributed by atoms with Gasteiger partial charge in [-0.15, -0.1) is 0 Å². The van der Waals surface area contributed by atoms with Crippen molar-refractivity contribution in [2.75, 3.05) is 0 Å². The van der Waals surface area contributed by atoms with E-state index in [1.807, 2.05) is 24.3 Å². The van der Waals surface area contributed by atoms with E-state index < -0.39 is 5.91 Å². The molecule has 0 aliphatic carbocycles. The van der Waals surface area contributed by atoms with E-state index in [2.05, 4.69) is 26.5 Å². The second-order valence-electron chi connectivity index (χ2n) is 5.08. The predicted octanol–water partition coefficient (Wildman–Crippen LogP) is 3.78. The first-order valence-corrected chi connectivity index (χ1v) is 7.88. The van der Waals surface area contributed by atoms with Gasteiger partial charge in [0, 0.05) is 16.5 Å². The molecule has 1 amide bonds. The van der Waals surface area contributed by atoms with Crippen molar-refractivity contribution >= 4 is 38.8 Å². The summed E-state index contributed by atoms with van der Waals surface area (Å²) in [6.07, 6.45) is 1.52. The number of benzene rings is 3. The molecule has 5 nitrogen and oxygen atoms in total. The quantitative estimate of drug-likeness (QED) is 0.474. The summed E-state index contributed by atoms with van der Waals surface area (Å²) < 4.78 is 0.434. The second-order valence-corrected chi connectivity index (χ2v) is 5.94. The normalized spacial score (nSPS) is 11.0. The Morgan fingerprint density at radius 2 is 1.71 bits per heavy atom. The summed E-state index contributed by atoms with van der Waals surface area (Å²) in [6, 6.07) is 15.1. The van der Waals surface area contributed by atoms with E-state index in [4.69, 9.17) is 0 Å². The van der Waals surface area contributed by atoms with Crippen molar-refractivity contribution < 1.29 is 15.0 Å². The molecule has 0 atom stereocenters. The number of nitrogens with one attached hydrogen (secondary N) is 1. The van der Waals surface area contributed by atoms with Crippen LogP contribution in [-0.2, 0) is 0 Å². The molecule has 0 aliphatic heterocycles. The highest BCUT2D eigenvalue weighted by atomic mass is 79.9. The molecule has 120 valence electrons. The van der Waals surface area contributed by atoms with Crippen LogP contribution >= 0.6 is 15.9 Å². The third kappa shape index (κ3) is 3.23. The number of hydrogen-bond acceptors (Lipinski definition) is 4. The third-order valence-corrected chi connectivity index (χ3v) is 4.15. The molecular weight excluding hydrogens is 372 g/mol. The average Bonchev–Trinajstić information content (AvgIpc) is 2.59. The highest BCUT2D eigenvalue weighted by Crippen LogP contribution is 2.26. The smallest absolute Gasteiger partial charge is 0.271 e. The van der Waals surface area contributed by atoms with Gasteiger partial charge in [-0.25, -0.2) is 5.43 Å². The summed E-state index contributed by atoms with van der Waals surface area (Å²) in [7, 11) is 0. The van der Waals surface area contributed by atoms with Crippen LogP contribution in [0.1, 0.15) is 15.9 Å². The van der Waals surface area contributed by atoms with Crippen LogP contribution in [0.5, 0.6) is 11.5 Å². The Balaban J connectivity index is 1.80. The number of nitrogens with zero attached hydrogens (tertiary/aromatic N) is 1. The lowest BCUT2D eigenvalue weighted by Gasteiger charge is -2.05. The van der Waals surface area contributed by atoms with Crippen LogP contribution in [0.4, 0.5) is 0 Å². The molecule has 6 heteroatoms. The maximum atomic E-state index is 12.0. The second kappa shape index (κ2) is 6.72. The monoisotopic (exact) mass is 384 g/mol. The molecule has 0 bridgehead atoms. The maximum absolute atomic E-state index is 12.0. The molecule has 0 radical (unpaired) electrons. The Hall–Kier alpha value is -2.86. The Morgan fingerprint density at radius 3 is 2.46 bits per heavy atom. The zero-order valence-corrected chi connectivity index (χ0v) is 14.0. The van der Waals surface area contributed by atoms with Crippen LogP contribution in [-0.4, -0.2) is 22.3 Å². The summed E-state index contributed by atoms with van der Waals surface area (Å²) in [6.45, 7) is 0. The Bertz CT molecular complexity index is 954. The first kappa shape index (κ1) is 16.0. The lowest BCUT2D eigenvalue weighted by Crippen LogP contribution is -2.17. The molecule has 0 fully saturated rings. The lowest BCUT2D eigenvalue weighted by atomic mass is 10.0. The number of phenols is 2. The number of hydrazone groups is 1. The number of phenolic OH excluding ortho intramolecular Hbond substituents is 2. The highest BCUT2D eigenvalue weighted by Gasteiger charge is 2.07. The minimum absolute atomic E-state index is 0.0608. The SMILES string of the molecule is O=C(NN=Cc1ccc(O)c2ccccc12)c1ccc(O)c(Br)c1. The summed E-state index contributed by atoms with van der Waals surface area (Å²) in [5, 5.41) is 24.8. The van der Waals surface area contributed by atoms with Crippen molar-refractivity contribution in [2.45, 2.75) is 0 Å². The van der Waals surface area contributed by atoms with E-state index in [0.717, 1.165) is 16.3 Å². The molecule has 0 spiro atoms. The number of carbonyl (C=O) groups is 1. The molecule has 0 heterocycles. The number of amides is 1. The van der Waals surface area contributed by atoms with Crippen LogP contribution < -0.4 is 5.43 Å². The highest BCUT2D eigenvalue weighted by molar-refractivity contribution is 9.10. The van der Waals surface area contributed by atoms with E-state index in [9.17, 15) is 15.0 Å². The summed E-state index contributed by atoms with van der Waals surface area (Å²) >= 11 is 3.16. The molecule has 0 saturated carbocycles. The zero-order valence-electron chi connectivity index (χ0n) is 12.4. The summed E-state index contributed by atoms with van der Waals surface area (Å²) in [5.41, 5.74) is 3.58. The predicted molar refractivity (Wildman–Crippen MR) is 96.5 cm³/mol. The Labute approximate surface area is 146 Å². The van der Waals surface area contributed by atoms with Gasteiger partial charge in [0.15, 0.2) is 0 Å². The number of hydrogen-bond donors (Lipinski definition) is 3. The van der Waals surface area contributed by atoms with Crippen molar-refractivity contribution in [3.05, 3.63) is 70.2 Å². The minimum Gasteiger partial charge on any atom is -0.507 e. The Morgan fingerprint density at radius 1 is 1.00 bits per heavy atom. The van der Waals surface area contributed by atoms with Gasteiger partial charge in [0.25, 0.3) is 5.91 Å². The standard InChI is InChI=1S/C18H13BrN2O3/c19-15-9-11(5-8-17(15)23)18(24)21-20-10-12-6-7-16(22)14-4-2-1-3-13(12)14/h1-10,22-23H,(H,21,24). The topological polar surface area (TPSA) is 81.9 Å². The molecule has 24 heavy (non-hydrogen) atoms. The maximum Gasteiger partial charge on any atom is 0.271 e. The van der Waals surface area contributed by atoms with Gasteiger partial charge in [0.05, 0.1) is 10.7 Å². The van der Waals surface area contributed by atoms with Gasteiger partial charge in [-0.05, 0) is 51.6 Å². The molecule has 0 unspecified atom stereocenters. The molecule has 3 aromatic carbocycles. The van der Waals surface area contributed by atoms with E-state index in [0.29, 0.717) is 10.0 Å².